The number of hydrogen-bond acceptors (Lipinski definition) is 1. The third-order valence-electron chi connectivity index (χ3n) is 2.91. The molecule has 2 rings (SSSR count). The predicted octanol–water partition coefficient (Wildman–Crippen LogP) is 2.92. The van der Waals surface area contributed by atoms with Gasteiger partial charge in [-0.1, -0.05) is 36.8 Å². The van der Waals surface area contributed by atoms with Crippen molar-refractivity contribution in [1.29, 1.82) is 0 Å². The van der Waals surface area contributed by atoms with Crippen LogP contribution in [0.15, 0.2) is 30.3 Å². The molecular weight excluding hydrogens is 196 g/mol. The summed E-state index contributed by atoms with van der Waals surface area (Å²) in [5.74, 6) is -2.75. The average molecular weight is 211 g/mol. The molecule has 1 atom stereocenters. The van der Waals surface area contributed by atoms with Gasteiger partial charge in [-0.05, 0) is 19.4 Å². The van der Waals surface area contributed by atoms with E-state index in [-0.39, 0.29) is 5.56 Å². The molecule has 1 N–H and O–H groups in total. The summed E-state index contributed by atoms with van der Waals surface area (Å²) in [7, 11) is 0. The first-order valence-electron chi connectivity index (χ1n) is 5.38. The Labute approximate surface area is 88.5 Å². The number of halogens is 2. The fourth-order valence-electron chi connectivity index (χ4n) is 2.02. The van der Waals surface area contributed by atoms with Gasteiger partial charge in [-0.2, -0.15) is 8.78 Å². The summed E-state index contributed by atoms with van der Waals surface area (Å²) in [6.07, 6.45) is 2.45. The molecule has 0 bridgehead atoms. The van der Waals surface area contributed by atoms with E-state index < -0.39 is 12.0 Å². The molecule has 1 saturated heterocycles. The first-order valence-corrected chi connectivity index (χ1v) is 5.38. The molecule has 0 saturated carbocycles. The summed E-state index contributed by atoms with van der Waals surface area (Å²) in [6.45, 7) is 0.701. The summed E-state index contributed by atoms with van der Waals surface area (Å²) in [4.78, 5) is 0. The molecule has 1 heterocycles. The van der Waals surface area contributed by atoms with Crippen LogP contribution in [-0.2, 0) is 5.92 Å². The Balaban J connectivity index is 2.18. The van der Waals surface area contributed by atoms with Crippen molar-refractivity contribution >= 4 is 0 Å². The van der Waals surface area contributed by atoms with Gasteiger partial charge in [0.15, 0.2) is 0 Å². The van der Waals surface area contributed by atoms with Crippen LogP contribution >= 0.6 is 0 Å². The third-order valence-corrected chi connectivity index (χ3v) is 2.91. The van der Waals surface area contributed by atoms with Gasteiger partial charge in [0.05, 0.1) is 6.04 Å². The first kappa shape index (κ1) is 10.6. The number of nitrogens with one attached hydrogen (secondary N) is 1. The highest BCUT2D eigenvalue weighted by Crippen LogP contribution is 2.34. The highest BCUT2D eigenvalue weighted by atomic mass is 19.3. The van der Waals surface area contributed by atoms with Crippen LogP contribution in [0.25, 0.3) is 0 Å². The second kappa shape index (κ2) is 4.27. The van der Waals surface area contributed by atoms with Gasteiger partial charge in [-0.25, -0.2) is 0 Å². The van der Waals surface area contributed by atoms with Crippen molar-refractivity contribution < 1.29 is 8.78 Å². The lowest BCUT2D eigenvalue weighted by molar-refractivity contribution is -0.0512. The Kier molecular flexibility index (Phi) is 3.00. The highest BCUT2D eigenvalue weighted by molar-refractivity contribution is 5.22. The van der Waals surface area contributed by atoms with Crippen LogP contribution in [0, 0.1) is 0 Å². The molecule has 1 aliphatic rings. The van der Waals surface area contributed by atoms with Crippen LogP contribution in [0.5, 0.6) is 0 Å². The monoisotopic (exact) mass is 211 g/mol. The summed E-state index contributed by atoms with van der Waals surface area (Å²) < 4.78 is 28.0. The van der Waals surface area contributed by atoms with Crippen LogP contribution in [0.1, 0.15) is 24.8 Å². The molecule has 1 aromatic carbocycles. The van der Waals surface area contributed by atoms with Crippen molar-refractivity contribution in [1.82, 2.24) is 5.32 Å². The predicted molar refractivity (Wildman–Crippen MR) is 56.0 cm³/mol. The van der Waals surface area contributed by atoms with Crippen LogP contribution in [0.4, 0.5) is 8.78 Å². The van der Waals surface area contributed by atoms with Crippen molar-refractivity contribution in [3.8, 4) is 0 Å². The zero-order valence-corrected chi connectivity index (χ0v) is 8.55. The summed E-state index contributed by atoms with van der Waals surface area (Å²) >= 11 is 0. The minimum Gasteiger partial charge on any atom is -0.308 e. The minimum absolute atomic E-state index is 0.115. The van der Waals surface area contributed by atoms with Gasteiger partial charge in [-0.3, -0.25) is 0 Å². The van der Waals surface area contributed by atoms with E-state index in [1.807, 2.05) is 0 Å². The Morgan fingerprint density at radius 2 is 1.87 bits per heavy atom. The smallest absolute Gasteiger partial charge is 0.288 e. The summed E-state index contributed by atoms with van der Waals surface area (Å²) in [5, 5.41) is 2.91. The van der Waals surface area contributed by atoms with Gasteiger partial charge in [-0.15, -0.1) is 0 Å². The van der Waals surface area contributed by atoms with E-state index in [9.17, 15) is 8.78 Å². The summed E-state index contributed by atoms with van der Waals surface area (Å²) in [5.41, 5.74) is 0.115. The number of rotatable bonds is 2. The lowest BCUT2D eigenvalue weighted by atomic mass is 9.94. The van der Waals surface area contributed by atoms with Crippen molar-refractivity contribution in [2.75, 3.05) is 6.54 Å². The maximum absolute atomic E-state index is 14.0. The standard InChI is InChI=1S/C12H15F2N/c13-12(14,10-6-2-1-3-7-10)11-8-4-5-9-15-11/h1-3,6-7,11,15H,4-5,8-9H2. The van der Waals surface area contributed by atoms with Crippen LogP contribution in [0.3, 0.4) is 0 Å². The van der Waals surface area contributed by atoms with Gasteiger partial charge in [0.1, 0.15) is 0 Å². The zero-order valence-electron chi connectivity index (χ0n) is 8.55. The van der Waals surface area contributed by atoms with E-state index in [0.29, 0.717) is 13.0 Å². The number of alkyl halides is 2. The molecule has 1 unspecified atom stereocenters. The fraction of sp³-hybridized carbons (Fsp3) is 0.500. The lowest BCUT2D eigenvalue weighted by Crippen LogP contribution is -2.45. The van der Waals surface area contributed by atoms with Gasteiger partial charge in [0.2, 0.25) is 0 Å². The molecule has 0 aromatic heterocycles. The fourth-order valence-corrected chi connectivity index (χ4v) is 2.02. The normalized spacial score (nSPS) is 22.7. The third kappa shape index (κ3) is 2.17. The van der Waals surface area contributed by atoms with E-state index in [4.69, 9.17) is 0 Å². The topological polar surface area (TPSA) is 12.0 Å². The first-order chi connectivity index (χ1) is 7.21. The van der Waals surface area contributed by atoms with Crippen molar-refractivity contribution in [3.05, 3.63) is 35.9 Å². The maximum atomic E-state index is 14.0. The Morgan fingerprint density at radius 1 is 1.13 bits per heavy atom. The molecule has 0 radical (unpaired) electrons. The Hall–Kier alpha value is -0.960. The van der Waals surface area contributed by atoms with E-state index in [0.717, 1.165) is 12.8 Å². The van der Waals surface area contributed by atoms with E-state index in [1.54, 1.807) is 18.2 Å². The molecule has 1 fully saturated rings. The Bertz CT molecular complexity index is 305. The number of benzene rings is 1. The van der Waals surface area contributed by atoms with Gasteiger partial charge in [0, 0.05) is 5.56 Å². The second-order valence-electron chi connectivity index (χ2n) is 3.99. The molecule has 1 aliphatic heterocycles. The zero-order chi connectivity index (χ0) is 10.7. The molecular formula is C12H15F2N. The van der Waals surface area contributed by atoms with Crippen LogP contribution in [0.2, 0.25) is 0 Å². The maximum Gasteiger partial charge on any atom is 0.288 e. The average Bonchev–Trinajstić information content (AvgIpc) is 2.31. The van der Waals surface area contributed by atoms with Gasteiger partial charge in [0.25, 0.3) is 5.92 Å². The number of hydrogen-bond donors (Lipinski definition) is 1. The Morgan fingerprint density at radius 3 is 2.47 bits per heavy atom. The highest BCUT2D eigenvalue weighted by Gasteiger charge is 2.41. The van der Waals surface area contributed by atoms with Crippen LogP contribution < -0.4 is 5.32 Å². The largest absolute Gasteiger partial charge is 0.308 e. The number of piperidine rings is 1. The van der Waals surface area contributed by atoms with Crippen molar-refractivity contribution in [2.45, 2.75) is 31.2 Å². The molecule has 3 heteroatoms. The molecule has 1 aromatic rings. The van der Waals surface area contributed by atoms with Gasteiger partial charge < -0.3 is 5.32 Å². The second-order valence-corrected chi connectivity index (χ2v) is 3.99. The minimum atomic E-state index is -2.75. The molecule has 1 nitrogen and oxygen atoms in total. The molecule has 15 heavy (non-hydrogen) atoms. The van der Waals surface area contributed by atoms with E-state index >= 15 is 0 Å². The van der Waals surface area contributed by atoms with Crippen molar-refractivity contribution in [3.63, 3.8) is 0 Å². The molecule has 0 aliphatic carbocycles. The summed E-state index contributed by atoms with van der Waals surface area (Å²) in [6, 6.07) is 7.37. The molecule has 0 spiro atoms. The molecule has 0 amide bonds. The molecule has 82 valence electrons. The lowest BCUT2D eigenvalue weighted by Gasteiger charge is -2.31. The van der Waals surface area contributed by atoms with Gasteiger partial charge >= 0.3 is 0 Å². The quantitative estimate of drug-likeness (QED) is 0.793. The van der Waals surface area contributed by atoms with Crippen LogP contribution in [-0.4, -0.2) is 12.6 Å². The van der Waals surface area contributed by atoms with Crippen molar-refractivity contribution in [2.24, 2.45) is 0 Å². The van der Waals surface area contributed by atoms with E-state index in [2.05, 4.69) is 5.32 Å². The van der Waals surface area contributed by atoms with E-state index in [1.165, 1.54) is 12.1 Å². The SMILES string of the molecule is FC(F)(c1ccccc1)C1CCCCN1.